The highest BCUT2D eigenvalue weighted by molar-refractivity contribution is 6.00. The second kappa shape index (κ2) is 8.70. The summed E-state index contributed by atoms with van der Waals surface area (Å²) < 4.78 is 16.0. The van der Waals surface area contributed by atoms with Crippen molar-refractivity contribution in [1.82, 2.24) is 4.90 Å². The highest BCUT2D eigenvalue weighted by Crippen LogP contribution is 2.29. The zero-order valence-corrected chi connectivity index (χ0v) is 13.9. The molecule has 0 unspecified atom stereocenters. The van der Waals surface area contributed by atoms with Gasteiger partial charge < -0.3 is 24.8 Å². The number of methoxy groups -OCH3 is 1. The number of morpholine rings is 1. The van der Waals surface area contributed by atoms with Gasteiger partial charge in [0.1, 0.15) is 11.6 Å². The number of benzene rings is 1. The number of carbonyl (C=O) groups excluding carboxylic acids is 2. The van der Waals surface area contributed by atoms with Crippen LogP contribution in [-0.4, -0.2) is 56.7 Å². The SMILES string of the molecule is COc1cc(/C=C(/C#N)C(N)=O)ccc1OCC(=O)N1CCOCC1. The van der Waals surface area contributed by atoms with Crippen LogP contribution >= 0.6 is 0 Å². The lowest BCUT2D eigenvalue weighted by Crippen LogP contribution is -2.43. The molecular weight excluding hydrogens is 326 g/mol. The molecule has 1 saturated heterocycles. The summed E-state index contributed by atoms with van der Waals surface area (Å²) in [4.78, 5) is 24.9. The zero-order valence-electron chi connectivity index (χ0n) is 13.9. The lowest BCUT2D eigenvalue weighted by molar-refractivity contribution is -0.137. The highest BCUT2D eigenvalue weighted by Gasteiger charge is 2.18. The van der Waals surface area contributed by atoms with Gasteiger partial charge >= 0.3 is 0 Å². The van der Waals surface area contributed by atoms with E-state index in [0.717, 1.165) is 0 Å². The minimum absolute atomic E-state index is 0.115. The van der Waals surface area contributed by atoms with Crippen LogP contribution in [0.15, 0.2) is 23.8 Å². The van der Waals surface area contributed by atoms with Gasteiger partial charge in [-0.3, -0.25) is 9.59 Å². The molecule has 1 aliphatic heterocycles. The average Bonchev–Trinajstić information content (AvgIpc) is 2.64. The van der Waals surface area contributed by atoms with E-state index in [-0.39, 0.29) is 18.1 Å². The predicted octanol–water partition coefficient (Wildman–Crippen LogP) is 0.325. The normalized spacial score (nSPS) is 14.6. The van der Waals surface area contributed by atoms with Crippen LogP contribution in [0.5, 0.6) is 11.5 Å². The first-order chi connectivity index (χ1) is 12.0. The molecule has 0 spiro atoms. The minimum atomic E-state index is -0.807. The van der Waals surface area contributed by atoms with E-state index in [4.69, 9.17) is 25.2 Å². The van der Waals surface area contributed by atoms with Gasteiger partial charge in [0.2, 0.25) is 0 Å². The molecule has 132 valence electrons. The third-order valence-corrected chi connectivity index (χ3v) is 3.60. The number of rotatable bonds is 6. The second-order valence-electron chi connectivity index (χ2n) is 5.23. The second-order valence-corrected chi connectivity index (χ2v) is 5.23. The summed E-state index contributed by atoms with van der Waals surface area (Å²) in [6.45, 7) is 2.03. The van der Waals surface area contributed by atoms with Crippen molar-refractivity contribution in [3.05, 3.63) is 29.3 Å². The highest BCUT2D eigenvalue weighted by atomic mass is 16.5. The molecule has 0 bridgehead atoms. The number of nitrogens with zero attached hydrogens (tertiary/aromatic N) is 2. The van der Waals surface area contributed by atoms with Crippen molar-refractivity contribution in [2.75, 3.05) is 40.0 Å². The Morgan fingerprint density at radius 3 is 2.68 bits per heavy atom. The molecule has 2 N–H and O–H groups in total. The third-order valence-electron chi connectivity index (χ3n) is 3.60. The van der Waals surface area contributed by atoms with Gasteiger partial charge in [0.15, 0.2) is 18.1 Å². The molecule has 0 saturated carbocycles. The van der Waals surface area contributed by atoms with Gasteiger partial charge in [-0.1, -0.05) is 6.07 Å². The molecule has 0 radical (unpaired) electrons. The Bertz CT molecular complexity index is 717. The topological polar surface area (TPSA) is 115 Å². The van der Waals surface area contributed by atoms with Gasteiger partial charge in [0, 0.05) is 13.1 Å². The Hall–Kier alpha value is -3.05. The molecule has 2 amide bonds. The fourth-order valence-corrected chi connectivity index (χ4v) is 2.26. The standard InChI is InChI=1S/C17H19N3O5/c1-23-15-9-12(8-13(10-18)17(19)22)2-3-14(15)25-11-16(21)20-4-6-24-7-5-20/h2-3,8-9H,4-7,11H2,1H3,(H2,19,22)/b13-8-. The smallest absolute Gasteiger partial charge is 0.260 e. The molecule has 1 aliphatic rings. The van der Waals surface area contributed by atoms with Crippen molar-refractivity contribution in [3.8, 4) is 17.6 Å². The first-order valence-corrected chi connectivity index (χ1v) is 7.63. The first-order valence-electron chi connectivity index (χ1n) is 7.63. The number of amides is 2. The number of primary amides is 1. The number of nitriles is 1. The summed E-state index contributed by atoms with van der Waals surface area (Å²) >= 11 is 0. The molecule has 0 aromatic heterocycles. The lowest BCUT2D eigenvalue weighted by atomic mass is 10.1. The first kappa shape index (κ1) is 18.3. The fourth-order valence-electron chi connectivity index (χ4n) is 2.26. The maximum Gasteiger partial charge on any atom is 0.260 e. The van der Waals surface area contributed by atoms with Gasteiger partial charge in [-0.25, -0.2) is 0 Å². The third kappa shape index (κ3) is 4.96. The van der Waals surface area contributed by atoms with Crippen molar-refractivity contribution in [1.29, 1.82) is 5.26 Å². The van der Waals surface area contributed by atoms with E-state index in [9.17, 15) is 9.59 Å². The number of nitrogens with two attached hydrogens (primary N) is 1. The van der Waals surface area contributed by atoms with Crippen LogP contribution in [0.3, 0.4) is 0 Å². The maximum absolute atomic E-state index is 12.1. The molecule has 1 heterocycles. The molecule has 0 atom stereocenters. The van der Waals surface area contributed by atoms with Crippen molar-refractivity contribution in [2.24, 2.45) is 5.73 Å². The average molecular weight is 345 g/mol. The molecule has 8 nitrogen and oxygen atoms in total. The van der Waals surface area contributed by atoms with Crippen molar-refractivity contribution >= 4 is 17.9 Å². The van der Waals surface area contributed by atoms with Crippen LogP contribution in [0.1, 0.15) is 5.56 Å². The van der Waals surface area contributed by atoms with Crippen LogP contribution in [0.2, 0.25) is 0 Å². The maximum atomic E-state index is 12.1. The number of hydrogen-bond donors (Lipinski definition) is 1. The summed E-state index contributed by atoms with van der Waals surface area (Å²) in [5.41, 5.74) is 5.50. The Kier molecular flexibility index (Phi) is 6.37. The summed E-state index contributed by atoms with van der Waals surface area (Å²) in [6, 6.07) is 6.57. The van der Waals surface area contributed by atoms with E-state index in [0.29, 0.717) is 43.4 Å². The monoisotopic (exact) mass is 345 g/mol. The van der Waals surface area contributed by atoms with Gasteiger partial charge in [0.25, 0.3) is 11.8 Å². The zero-order chi connectivity index (χ0) is 18.2. The van der Waals surface area contributed by atoms with Crippen LogP contribution < -0.4 is 15.2 Å². The lowest BCUT2D eigenvalue weighted by Gasteiger charge is -2.26. The molecule has 1 fully saturated rings. The van der Waals surface area contributed by atoms with Crippen LogP contribution in [0.25, 0.3) is 6.08 Å². The Balaban J connectivity index is 2.07. The largest absolute Gasteiger partial charge is 0.493 e. The quantitative estimate of drug-likeness (QED) is 0.587. The molecular formula is C17H19N3O5. The van der Waals surface area contributed by atoms with Crippen LogP contribution in [0, 0.1) is 11.3 Å². The Morgan fingerprint density at radius 1 is 1.36 bits per heavy atom. The number of carbonyl (C=O) groups is 2. The molecule has 2 rings (SSSR count). The Labute approximate surface area is 145 Å². The van der Waals surface area contributed by atoms with Gasteiger partial charge in [-0.05, 0) is 23.8 Å². The van der Waals surface area contributed by atoms with E-state index in [2.05, 4.69) is 0 Å². The minimum Gasteiger partial charge on any atom is -0.493 e. The van der Waals surface area contributed by atoms with Gasteiger partial charge in [-0.2, -0.15) is 5.26 Å². The number of hydrogen-bond acceptors (Lipinski definition) is 6. The fraction of sp³-hybridized carbons (Fsp3) is 0.353. The van der Waals surface area contributed by atoms with E-state index in [1.54, 1.807) is 29.2 Å². The summed E-state index contributed by atoms with van der Waals surface area (Å²) in [5.74, 6) is -0.170. The summed E-state index contributed by atoms with van der Waals surface area (Å²) in [7, 11) is 1.46. The van der Waals surface area contributed by atoms with Crippen LogP contribution in [-0.2, 0) is 14.3 Å². The summed E-state index contributed by atoms with van der Waals surface area (Å²) in [5, 5.41) is 8.88. The van der Waals surface area contributed by atoms with E-state index >= 15 is 0 Å². The predicted molar refractivity (Wildman–Crippen MR) is 88.7 cm³/mol. The molecule has 0 aliphatic carbocycles. The molecule has 25 heavy (non-hydrogen) atoms. The van der Waals surface area contributed by atoms with Gasteiger partial charge in [0.05, 0.1) is 20.3 Å². The molecule has 8 heteroatoms. The van der Waals surface area contributed by atoms with E-state index in [1.165, 1.54) is 13.2 Å². The van der Waals surface area contributed by atoms with Crippen molar-refractivity contribution in [2.45, 2.75) is 0 Å². The van der Waals surface area contributed by atoms with E-state index in [1.807, 2.05) is 0 Å². The molecule has 1 aromatic carbocycles. The summed E-state index contributed by atoms with van der Waals surface area (Å²) in [6.07, 6.45) is 1.35. The van der Waals surface area contributed by atoms with Crippen molar-refractivity contribution < 1.29 is 23.8 Å². The van der Waals surface area contributed by atoms with Crippen molar-refractivity contribution in [3.63, 3.8) is 0 Å². The van der Waals surface area contributed by atoms with Crippen LogP contribution in [0.4, 0.5) is 0 Å². The number of ether oxygens (including phenoxy) is 3. The van der Waals surface area contributed by atoms with E-state index < -0.39 is 5.91 Å². The molecule has 1 aromatic rings. The van der Waals surface area contributed by atoms with Gasteiger partial charge in [-0.15, -0.1) is 0 Å². The Morgan fingerprint density at radius 2 is 2.08 bits per heavy atom.